The van der Waals surface area contributed by atoms with Crippen LogP contribution in [-0.4, -0.2) is 5.78 Å². The molecule has 1 fully saturated rings. The minimum absolute atomic E-state index is 0.239. The van der Waals surface area contributed by atoms with Gasteiger partial charge < -0.3 is 0 Å². The molecule has 0 unspecified atom stereocenters. The van der Waals surface area contributed by atoms with E-state index in [2.05, 4.69) is 29.8 Å². The summed E-state index contributed by atoms with van der Waals surface area (Å²) in [7, 11) is 0. The average Bonchev–Trinajstić information content (AvgIpc) is 2.18. The molecule has 0 heterocycles. The third-order valence-corrected chi connectivity index (χ3v) is 4.32. The second kappa shape index (κ2) is 2.44. The molecule has 0 spiro atoms. The summed E-state index contributed by atoms with van der Waals surface area (Å²) in [6.07, 6.45) is 4.20. The van der Waals surface area contributed by atoms with Gasteiger partial charge in [-0.1, -0.05) is 19.9 Å². The minimum Gasteiger partial charge on any atom is -0.293 e. The van der Waals surface area contributed by atoms with Crippen molar-refractivity contribution in [2.75, 3.05) is 0 Å². The van der Waals surface area contributed by atoms with Crippen molar-refractivity contribution in [1.29, 1.82) is 0 Å². The number of carbonyl (C=O) groups excluding carboxylic acids is 1. The molecule has 2 atom stereocenters. The predicted molar refractivity (Wildman–Crippen MR) is 52.0 cm³/mol. The zero-order chi connectivity index (χ0) is 8.93. The number of Topliss-reactive ketones (excluding diaryl/α,β-unsaturated/α-hetero) is 1. The molecule has 0 aromatic heterocycles. The third-order valence-electron chi connectivity index (χ3n) is 3.60. The standard InChI is InChI=1S/C10H13BrO/c1-10(2)6-3-4-8(11)9(12)7(10)5-6/h4,6-7H,3,5H2,1-2H3/t6-,7+/m0/s1. The van der Waals surface area contributed by atoms with Gasteiger partial charge in [0.15, 0.2) is 5.78 Å². The zero-order valence-electron chi connectivity index (χ0n) is 7.43. The first-order chi connectivity index (χ1) is 5.53. The Morgan fingerprint density at radius 3 is 2.83 bits per heavy atom. The Hall–Kier alpha value is -0.110. The van der Waals surface area contributed by atoms with E-state index in [1.807, 2.05) is 6.08 Å². The quantitative estimate of drug-likeness (QED) is 0.624. The minimum atomic E-state index is 0.239. The lowest BCUT2D eigenvalue weighted by Gasteiger charge is -2.50. The summed E-state index contributed by atoms with van der Waals surface area (Å²) >= 11 is 3.33. The van der Waals surface area contributed by atoms with Crippen LogP contribution >= 0.6 is 15.9 Å². The van der Waals surface area contributed by atoms with Crippen LogP contribution in [0.3, 0.4) is 0 Å². The van der Waals surface area contributed by atoms with Crippen LogP contribution in [0.1, 0.15) is 26.7 Å². The van der Waals surface area contributed by atoms with E-state index in [0.29, 0.717) is 5.78 Å². The van der Waals surface area contributed by atoms with Gasteiger partial charge in [0.1, 0.15) is 0 Å². The normalized spacial score (nSPS) is 38.2. The summed E-state index contributed by atoms with van der Waals surface area (Å²) in [6, 6.07) is 0. The van der Waals surface area contributed by atoms with Gasteiger partial charge in [-0.15, -0.1) is 0 Å². The average molecular weight is 229 g/mol. The van der Waals surface area contributed by atoms with Gasteiger partial charge in [-0.05, 0) is 40.1 Å². The number of hydrogen-bond donors (Lipinski definition) is 0. The molecule has 0 saturated heterocycles. The monoisotopic (exact) mass is 228 g/mol. The third kappa shape index (κ3) is 0.936. The summed E-state index contributed by atoms with van der Waals surface area (Å²) in [6.45, 7) is 4.42. The fourth-order valence-corrected chi connectivity index (χ4v) is 2.84. The maximum Gasteiger partial charge on any atom is 0.173 e. The van der Waals surface area contributed by atoms with Gasteiger partial charge >= 0.3 is 0 Å². The highest BCUT2D eigenvalue weighted by atomic mass is 79.9. The molecule has 66 valence electrons. The lowest BCUT2D eigenvalue weighted by molar-refractivity contribution is -0.132. The van der Waals surface area contributed by atoms with Gasteiger partial charge in [-0.25, -0.2) is 0 Å². The van der Waals surface area contributed by atoms with E-state index in [9.17, 15) is 4.79 Å². The molecule has 2 bridgehead atoms. The first-order valence-corrected chi connectivity index (χ1v) is 5.22. The maximum absolute atomic E-state index is 11.7. The molecule has 0 amide bonds. The van der Waals surface area contributed by atoms with Gasteiger partial charge in [0.25, 0.3) is 0 Å². The van der Waals surface area contributed by atoms with Crippen LogP contribution in [0.25, 0.3) is 0 Å². The molecular formula is C10H13BrO. The van der Waals surface area contributed by atoms with E-state index in [4.69, 9.17) is 0 Å². The van der Waals surface area contributed by atoms with E-state index in [0.717, 1.165) is 23.2 Å². The number of allylic oxidation sites excluding steroid dienone is 2. The lowest BCUT2D eigenvalue weighted by atomic mass is 9.54. The molecular weight excluding hydrogens is 216 g/mol. The second-order valence-electron chi connectivity index (χ2n) is 4.46. The Morgan fingerprint density at radius 1 is 1.58 bits per heavy atom. The van der Waals surface area contributed by atoms with Crippen LogP contribution in [0.4, 0.5) is 0 Å². The molecule has 0 aliphatic heterocycles. The molecule has 1 nitrogen and oxygen atoms in total. The van der Waals surface area contributed by atoms with Crippen molar-refractivity contribution in [2.45, 2.75) is 26.7 Å². The van der Waals surface area contributed by atoms with Crippen molar-refractivity contribution in [3.63, 3.8) is 0 Å². The van der Waals surface area contributed by atoms with Crippen LogP contribution in [0, 0.1) is 17.3 Å². The Labute approximate surface area is 81.4 Å². The molecule has 1 saturated carbocycles. The van der Waals surface area contributed by atoms with Crippen molar-refractivity contribution >= 4 is 21.7 Å². The van der Waals surface area contributed by atoms with Crippen molar-refractivity contribution in [1.82, 2.24) is 0 Å². The first kappa shape index (κ1) is 8.49. The molecule has 0 N–H and O–H groups in total. The lowest BCUT2D eigenvalue weighted by Crippen LogP contribution is -2.47. The summed E-state index contributed by atoms with van der Waals surface area (Å²) in [5.74, 6) is 1.31. The molecule has 3 aliphatic rings. The van der Waals surface area contributed by atoms with E-state index in [1.54, 1.807) is 0 Å². The number of halogens is 1. The number of ketones is 1. The van der Waals surface area contributed by atoms with Gasteiger partial charge in [-0.2, -0.15) is 0 Å². The van der Waals surface area contributed by atoms with Crippen LogP contribution in [0.5, 0.6) is 0 Å². The van der Waals surface area contributed by atoms with Crippen molar-refractivity contribution in [2.24, 2.45) is 17.3 Å². The van der Waals surface area contributed by atoms with E-state index >= 15 is 0 Å². The van der Waals surface area contributed by atoms with Gasteiger partial charge in [0.2, 0.25) is 0 Å². The summed E-state index contributed by atoms with van der Waals surface area (Å²) < 4.78 is 0.806. The number of fused-ring (bicyclic) bond motifs is 2. The van der Waals surface area contributed by atoms with Gasteiger partial charge in [0.05, 0.1) is 4.48 Å². The van der Waals surface area contributed by atoms with E-state index in [-0.39, 0.29) is 11.3 Å². The second-order valence-corrected chi connectivity index (χ2v) is 5.31. The molecule has 0 radical (unpaired) electrons. The number of rotatable bonds is 0. The largest absolute Gasteiger partial charge is 0.293 e. The van der Waals surface area contributed by atoms with Crippen LogP contribution in [-0.2, 0) is 4.79 Å². The molecule has 3 rings (SSSR count). The van der Waals surface area contributed by atoms with Crippen LogP contribution < -0.4 is 0 Å². The number of carbonyl (C=O) groups is 1. The van der Waals surface area contributed by atoms with E-state index in [1.165, 1.54) is 0 Å². The van der Waals surface area contributed by atoms with Crippen molar-refractivity contribution < 1.29 is 4.79 Å². The number of hydrogen-bond acceptors (Lipinski definition) is 1. The topological polar surface area (TPSA) is 17.1 Å². The van der Waals surface area contributed by atoms with Gasteiger partial charge in [-0.3, -0.25) is 4.79 Å². The zero-order valence-corrected chi connectivity index (χ0v) is 9.02. The summed E-state index contributed by atoms with van der Waals surface area (Å²) in [5, 5.41) is 0. The molecule has 2 heteroatoms. The van der Waals surface area contributed by atoms with Crippen LogP contribution in [0.2, 0.25) is 0 Å². The van der Waals surface area contributed by atoms with Gasteiger partial charge in [0, 0.05) is 5.92 Å². The summed E-state index contributed by atoms with van der Waals surface area (Å²) in [4.78, 5) is 11.7. The Bertz CT molecular complexity index is 265. The molecule has 0 aromatic carbocycles. The molecule has 0 aromatic rings. The first-order valence-electron chi connectivity index (χ1n) is 4.43. The van der Waals surface area contributed by atoms with E-state index < -0.39 is 0 Å². The smallest absolute Gasteiger partial charge is 0.173 e. The highest BCUT2D eigenvalue weighted by Gasteiger charge is 2.52. The SMILES string of the molecule is CC1(C)[C@H]2CC=C(Br)C(=O)[C@H]1C2. The van der Waals surface area contributed by atoms with Crippen LogP contribution in [0.15, 0.2) is 10.6 Å². The highest BCUT2D eigenvalue weighted by molar-refractivity contribution is 9.12. The van der Waals surface area contributed by atoms with Crippen molar-refractivity contribution in [3.8, 4) is 0 Å². The molecule has 3 aliphatic carbocycles. The van der Waals surface area contributed by atoms with Crippen molar-refractivity contribution in [3.05, 3.63) is 10.6 Å². The fourth-order valence-electron chi connectivity index (χ4n) is 2.37. The Kier molecular flexibility index (Phi) is 1.73. The Morgan fingerprint density at radius 2 is 2.25 bits per heavy atom. The Balaban J connectivity index is 2.33. The maximum atomic E-state index is 11.7. The molecule has 12 heavy (non-hydrogen) atoms. The predicted octanol–water partition coefficient (Wildman–Crippen LogP) is 2.90. The highest BCUT2D eigenvalue weighted by Crippen LogP contribution is 2.56. The fraction of sp³-hybridized carbons (Fsp3) is 0.700. The summed E-state index contributed by atoms with van der Waals surface area (Å²) in [5.41, 5.74) is 0.239.